The van der Waals surface area contributed by atoms with Crippen molar-refractivity contribution in [1.82, 2.24) is 0 Å². The minimum Gasteiger partial charge on any atom is -0.197 e. The van der Waals surface area contributed by atoms with Crippen LogP contribution >= 0.6 is 25.1 Å². The van der Waals surface area contributed by atoms with E-state index in [0.717, 1.165) is 0 Å². The molecule has 0 amide bonds. The molecular weight excluding hydrogens is 104 g/mol. The maximum Gasteiger partial charge on any atom is -0.0000330 e. The van der Waals surface area contributed by atoms with Gasteiger partial charge in [0.2, 0.25) is 0 Å². The van der Waals surface area contributed by atoms with Gasteiger partial charge in [0.15, 0.2) is 0 Å². The zero-order valence-corrected chi connectivity index (χ0v) is 4.79. The van der Waals surface area contributed by atoms with Crippen molar-refractivity contribution >= 4 is 25.1 Å². The van der Waals surface area contributed by atoms with Crippen molar-refractivity contribution in [2.24, 2.45) is 0 Å². The quantitative estimate of drug-likeness (QED) is 0.447. The molecule has 2 heteroatoms. The van der Waals surface area contributed by atoms with Crippen LogP contribution in [0.15, 0.2) is 11.6 Å². The molecule has 0 bridgehead atoms. The molecule has 0 aliphatic carbocycles. The van der Waals surface area contributed by atoms with Gasteiger partial charge in [0, 0.05) is 0 Å². The molecule has 0 fully saturated rings. The van der Waals surface area contributed by atoms with Gasteiger partial charge in [-0.3, -0.25) is 0 Å². The molecule has 0 aromatic rings. The zero-order chi connectivity index (χ0) is 3.41. The van der Waals surface area contributed by atoms with Crippen LogP contribution in [0.4, 0.5) is 0 Å². The Labute approximate surface area is 44.3 Å². The van der Waals surface area contributed by atoms with E-state index < -0.39 is 0 Å². The summed E-state index contributed by atoms with van der Waals surface area (Å²) in [5.41, 5.74) is 1.47. The van der Waals surface area contributed by atoms with Crippen LogP contribution in [-0.4, -0.2) is 0 Å². The first kappa shape index (κ1) is 9.03. The molecule has 0 radical (unpaired) electrons. The number of allylic oxidation sites excluding steroid dienone is 1. The first-order valence-corrected chi connectivity index (χ1v) is 1.57. The topological polar surface area (TPSA) is 0 Å². The maximum absolute atomic E-state index is 5.01. The molecule has 0 saturated heterocycles. The van der Waals surface area contributed by atoms with Crippen molar-refractivity contribution in [1.29, 1.82) is 0 Å². The maximum atomic E-state index is 5.01. The predicted octanol–water partition coefficient (Wildman–Crippen LogP) is 1.87. The molecule has 32 valence electrons. The van der Waals surface area contributed by atoms with Gasteiger partial charge < -0.3 is 0 Å². The van der Waals surface area contributed by atoms with Gasteiger partial charge in [-0.05, 0) is 12.5 Å². The van der Waals surface area contributed by atoms with Crippen LogP contribution in [0.2, 0.25) is 0 Å². The Morgan fingerprint density at radius 3 is 1.80 bits per heavy atom. The van der Waals surface area contributed by atoms with Crippen LogP contribution in [0, 0.1) is 0 Å². The molecule has 0 N–H and O–H groups in total. The normalized spacial score (nSPS) is 7.60. The number of halogens is 1. The third-order valence-corrected chi connectivity index (χ3v) is 0.378. The first-order chi connectivity index (χ1) is 1.91. The van der Waals surface area contributed by atoms with Crippen molar-refractivity contribution in [3.05, 3.63) is 11.6 Å². The van der Waals surface area contributed by atoms with Crippen LogP contribution in [0.3, 0.4) is 0 Å². The third kappa shape index (κ3) is 13.0. The Hall–Kier alpha value is 0.380. The van der Waals surface area contributed by atoms with E-state index in [1.54, 1.807) is 6.08 Å². The molecule has 0 spiro atoms. The van der Waals surface area contributed by atoms with Crippen molar-refractivity contribution < 1.29 is 0 Å². The van der Waals surface area contributed by atoms with E-state index in [1.807, 2.05) is 6.92 Å². The molecule has 0 saturated carbocycles. The van der Waals surface area contributed by atoms with Crippen LogP contribution in [0.5, 0.6) is 0 Å². The Morgan fingerprint density at radius 1 is 1.60 bits per heavy atom. The highest BCUT2D eigenvalue weighted by Crippen LogP contribution is 1.70. The summed E-state index contributed by atoms with van der Waals surface area (Å²) in [6.07, 6.45) is 1.77. The van der Waals surface area contributed by atoms with E-state index in [2.05, 4.69) is 0 Å². The molecule has 0 rings (SSSR count). The Morgan fingerprint density at radius 2 is 1.80 bits per heavy atom. The fraction of sp³-hybridized carbons (Fsp3) is 0.333. The average molecular weight is 111 g/mol. The lowest BCUT2D eigenvalue weighted by Crippen LogP contribution is -1.20. The fourth-order valence-electron chi connectivity index (χ4n) is 0. The van der Waals surface area contributed by atoms with Gasteiger partial charge in [0.25, 0.3) is 0 Å². The Kier molecular flexibility index (Phi) is 16.0. The third-order valence-electron chi connectivity index (χ3n) is 0.126. The molecule has 0 heterocycles. The Bertz CT molecular complexity index is 22.1. The van der Waals surface area contributed by atoms with Gasteiger partial charge in [-0.25, -0.2) is 0 Å². The molecule has 5 heavy (non-hydrogen) atoms. The lowest BCUT2D eigenvalue weighted by Gasteiger charge is -1.46. The van der Waals surface area contributed by atoms with Crippen LogP contribution in [0.25, 0.3) is 0 Å². The van der Waals surface area contributed by atoms with Crippen LogP contribution in [0.1, 0.15) is 6.92 Å². The smallest absolute Gasteiger partial charge is 0.0000330 e. The largest absolute Gasteiger partial charge is 0.197 e. The summed E-state index contributed by atoms with van der Waals surface area (Å²) in [7, 11) is 0. The van der Waals surface area contributed by atoms with Crippen molar-refractivity contribution in [3.8, 4) is 0 Å². The molecule has 0 unspecified atom stereocenters. The van der Waals surface area contributed by atoms with Crippen molar-refractivity contribution in [3.63, 3.8) is 0 Å². The van der Waals surface area contributed by atoms with Gasteiger partial charge >= 0.3 is 0 Å². The monoisotopic (exact) mass is 110 g/mol. The summed E-state index contributed by atoms with van der Waals surface area (Å²) in [4.78, 5) is 0. The van der Waals surface area contributed by atoms with Crippen molar-refractivity contribution in [2.45, 2.75) is 6.92 Å². The molecule has 0 aromatic carbocycles. The molecule has 0 atom stereocenters. The summed E-state index contributed by atoms with van der Waals surface area (Å²) in [6, 6.07) is 0. The van der Waals surface area contributed by atoms with E-state index in [9.17, 15) is 0 Å². The SMILES string of the molecule is CC=CCl.S. The van der Waals surface area contributed by atoms with E-state index in [4.69, 9.17) is 11.6 Å². The molecule has 0 aliphatic heterocycles. The van der Waals surface area contributed by atoms with Gasteiger partial charge in [0.05, 0.1) is 0 Å². The van der Waals surface area contributed by atoms with E-state index >= 15 is 0 Å². The van der Waals surface area contributed by atoms with E-state index in [-0.39, 0.29) is 13.5 Å². The van der Waals surface area contributed by atoms with Gasteiger partial charge in [0.1, 0.15) is 0 Å². The zero-order valence-electron chi connectivity index (χ0n) is 3.03. The van der Waals surface area contributed by atoms with E-state index in [1.165, 1.54) is 5.54 Å². The van der Waals surface area contributed by atoms with Gasteiger partial charge in [-0.2, -0.15) is 13.5 Å². The number of hydrogen-bond acceptors (Lipinski definition) is 0. The minimum atomic E-state index is 0. The summed E-state index contributed by atoms with van der Waals surface area (Å²) >= 11 is 5.01. The summed E-state index contributed by atoms with van der Waals surface area (Å²) in [5.74, 6) is 0. The highest BCUT2D eigenvalue weighted by Gasteiger charge is 1.37. The van der Waals surface area contributed by atoms with Gasteiger partial charge in [-0.1, -0.05) is 17.7 Å². The first-order valence-electron chi connectivity index (χ1n) is 1.13. The van der Waals surface area contributed by atoms with Crippen LogP contribution < -0.4 is 0 Å². The number of rotatable bonds is 0. The molecular formula is C3H7ClS. The van der Waals surface area contributed by atoms with Crippen molar-refractivity contribution in [2.75, 3.05) is 0 Å². The van der Waals surface area contributed by atoms with Crippen LogP contribution in [-0.2, 0) is 0 Å². The highest BCUT2D eigenvalue weighted by molar-refractivity contribution is 7.59. The molecule has 0 aliphatic rings. The second kappa shape index (κ2) is 8.83. The average Bonchev–Trinajstić information content (AvgIpc) is 1.37. The minimum absolute atomic E-state index is 0. The predicted molar refractivity (Wildman–Crippen MR) is 31.0 cm³/mol. The molecule has 0 aromatic heterocycles. The fourth-order valence-corrected chi connectivity index (χ4v) is 0. The summed E-state index contributed by atoms with van der Waals surface area (Å²) < 4.78 is 0. The second-order valence-electron chi connectivity index (χ2n) is 0.459. The van der Waals surface area contributed by atoms with Gasteiger partial charge in [-0.15, -0.1) is 0 Å². The Balaban J connectivity index is 0. The lowest BCUT2D eigenvalue weighted by atomic mass is 10.8. The lowest BCUT2D eigenvalue weighted by molar-refractivity contribution is 1.78. The highest BCUT2D eigenvalue weighted by atomic mass is 35.5. The number of hydrogen-bond donors (Lipinski definition) is 0. The van der Waals surface area contributed by atoms with E-state index in [0.29, 0.717) is 0 Å². The standard InChI is InChI=1S/C3H5Cl.H2S/c1-2-3-4;/h2-3H,1H3;1H2. The summed E-state index contributed by atoms with van der Waals surface area (Å²) in [6.45, 7) is 1.87. The molecule has 0 nitrogen and oxygen atoms in total. The summed E-state index contributed by atoms with van der Waals surface area (Å²) in [5, 5.41) is 0. The second-order valence-corrected chi connectivity index (χ2v) is 0.711.